The first-order valence-corrected chi connectivity index (χ1v) is 6.23. The summed E-state index contributed by atoms with van der Waals surface area (Å²) in [6, 6.07) is 4.27. The van der Waals surface area contributed by atoms with Gasteiger partial charge in [-0.15, -0.1) is 0 Å². The molecule has 7 nitrogen and oxygen atoms in total. The lowest BCUT2D eigenvalue weighted by atomic mass is 10.1. The number of carbonyl (C=O) groups is 1. The Morgan fingerprint density at radius 2 is 2.15 bits per heavy atom. The van der Waals surface area contributed by atoms with Gasteiger partial charge in [0.15, 0.2) is 0 Å². The number of para-hydroxylation sites is 1. The van der Waals surface area contributed by atoms with Gasteiger partial charge in [0.25, 0.3) is 5.91 Å². The predicted octanol–water partition coefficient (Wildman–Crippen LogP) is 1.72. The second kappa shape index (κ2) is 6.33. The van der Waals surface area contributed by atoms with Crippen LogP contribution in [0.2, 0.25) is 0 Å². The van der Waals surface area contributed by atoms with Gasteiger partial charge in [0, 0.05) is 13.2 Å². The zero-order valence-electron chi connectivity index (χ0n) is 11.8. The van der Waals surface area contributed by atoms with E-state index in [9.17, 15) is 14.9 Å². The molecule has 0 fully saturated rings. The molecule has 0 heterocycles. The molecule has 0 spiro atoms. The van der Waals surface area contributed by atoms with E-state index in [0.29, 0.717) is 6.61 Å². The fraction of sp³-hybridized carbons (Fsp3) is 0.462. The van der Waals surface area contributed by atoms with E-state index in [4.69, 9.17) is 10.5 Å². The topological polar surface area (TPSA) is 107 Å². The first-order chi connectivity index (χ1) is 9.28. The maximum absolute atomic E-state index is 12.0. The van der Waals surface area contributed by atoms with E-state index in [1.807, 2.05) is 20.8 Å². The molecule has 0 aromatic heterocycles. The number of ether oxygens (including phenoxy) is 1. The van der Waals surface area contributed by atoms with Crippen LogP contribution < -0.4 is 11.1 Å². The van der Waals surface area contributed by atoms with Crippen LogP contribution in [0.1, 0.15) is 31.1 Å². The molecule has 3 N–H and O–H groups in total. The number of nitrogens with zero attached hydrogens (tertiary/aromatic N) is 1. The SMILES string of the molecule is CCOC(C)(C)CNC(=O)c1cccc(N)c1[N+](=O)[O-]. The van der Waals surface area contributed by atoms with E-state index in [1.54, 1.807) is 0 Å². The van der Waals surface area contributed by atoms with Crippen molar-refractivity contribution in [3.05, 3.63) is 33.9 Å². The van der Waals surface area contributed by atoms with Gasteiger partial charge in [-0.05, 0) is 32.9 Å². The van der Waals surface area contributed by atoms with Crippen LogP contribution in [0.4, 0.5) is 11.4 Å². The monoisotopic (exact) mass is 281 g/mol. The van der Waals surface area contributed by atoms with E-state index >= 15 is 0 Å². The Morgan fingerprint density at radius 3 is 2.70 bits per heavy atom. The summed E-state index contributed by atoms with van der Waals surface area (Å²) < 4.78 is 5.44. The minimum Gasteiger partial charge on any atom is -0.393 e. The Kier molecular flexibility index (Phi) is 5.04. The molecule has 1 aromatic rings. The van der Waals surface area contributed by atoms with Crippen LogP contribution in [0.5, 0.6) is 0 Å². The Bertz CT molecular complexity index is 514. The summed E-state index contributed by atoms with van der Waals surface area (Å²) in [4.78, 5) is 22.4. The summed E-state index contributed by atoms with van der Waals surface area (Å²) in [5.74, 6) is -0.545. The van der Waals surface area contributed by atoms with Gasteiger partial charge in [0.1, 0.15) is 11.3 Å². The molecule has 7 heteroatoms. The second-order valence-electron chi connectivity index (χ2n) is 4.88. The van der Waals surface area contributed by atoms with E-state index in [2.05, 4.69) is 5.32 Å². The van der Waals surface area contributed by atoms with E-state index in [1.165, 1.54) is 18.2 Å². The molecule has 0 saturated heterocycles. The average molecular weight is 281 g/mol. The highest BCUT2D eigenvalue weighted by atomic mass is 16.6. The molecular weight excluding hydrogens is 262 g/mol. The van der Waals surface area contributed by atoms with Crippen molar-refractivity contribution in [2.45, 2.75) is 26.4 Å². The average Bonchev–Trinajstić information content (AvgIpc) is 2.35. The summed E-state index contributed by atoms with van der Waals surface area (Å²) in [7, 11) is 0. The number of hydrogen-bond donors (Lipinski definition) is 2. The number of carbonyl (C=O) groups excluding carboxylic acids is 1. The van der Waals surface area contributed by atoms with Crippen molar-refractivity contribution in [3.8, 4) is 0 Å². The number of nitrogens with one attached hydrogen (secondary N) is 1. The Morgan fingerprint density at radius 1 is 1.50 bits per heavy atom. The first kappa shape index (κ1) is 15.9. The molecule has 0 unspecified atom stereocenters. The van der Waals surface area contributed by atoms with Crippen LogP contribution in [-0.4, -0.2) is 29.6 Å². The van der Waals surface area contributed by atoms with Crippen molar-refractivity contribution in [2.24, 2.45) is 0 Å². The largest absolute Gasteiger partial charge is 0.393 e. The highest BCUT2D eigenvalue weighted by Gasteiger charge is 2.25. The molecule has 1 amide bonds. The molecule has 0 aliphatic carbocycles. The van der Waals surface area contributed by atoms with Crippen molar-refractivity contribution >= 4 is 17.3 Å². The van der Waals surface area contributed by atoms with Crippen LogP contribution in [0.3, 0.4) is 0 Å². The third kappa shape index (κ3) is 3.92. The molecule has 0 aliphatic rings. The normalized spacial score (nSPS) is 11.2. The summed E-state index contributed by atoms with van der Waals surface area (Å²) >= 11 is 0. The van der Waals surface area contributed by atoms with Crippen molar-refractivity contribution in [3.63, 3.8) is 0 Å². The quantitative estimate of drug-likeness (QED) is 0.469. The van der Waals surface area contributed by atoms with Crippen LogP contribution >= 0.6 is 0 Å². The van der Waals surface area contributed by atoms with Gasteiger partial charge in [-0.2, -0.15) is 0 Å². The van der Waals surface area contributed by atoms with Crippen LogP contribution in [0.15, 0.2) is 18.2 Å². The molecule has 20 heavy (non-hydrogen) atoms. The number of nitro groups is 1. The summed E-state index contributed by atoms with van der Waals surface area (Å²) in [6.45, 7) is 6.26. The van der Waals surface area contributed by atoms with Gasteiger partial charge in [-0.1, -0.05) is 6.07 Å². The lowest BCUT2D eigenvalue weighted by Crippen LogP contribution is -2.40. The fourth-order valence-corrected chi connectivity index (χ4v) is 1.78. The number of nitro benzene ring substituents is 1. The number of hydrogen-bond acceptors (Lipinski definition) is 5. The maximum Gasteiger partial charge on any atom is 0.304 e. The molecule has 1 rings (SSSR count). The predicted molar refractivity (Wildman–Crippen MR) is 75.5 cm³/mol. The smallest absolute Gasteiger partial charge is 0.304 e. The van der Waals surface area contributed by atoms with Gasteiger partial charge < -0.3 is 15.8 Å². The van der Waals surface area contributed by atoms with Crippen LogP contribution in [-0.2, 0) is 4.74 Å². The zero-order valence-corrected chi connectivity index (χ0v) is 11.8. The van der Waals surface area contributed by atoms with Crippen molar-refractivity contribution in [1.29, 1.82) is 0 Å². The highest BCUT2D eigenvalue weighted by molar-refractivity contribution is 6.00. The van der Waals surface area contributed by atoms with Gasteiger partial charge in [0.2, 0.25) is 0 Å². The number of anilines is 1. The molecule has 0 bridgehead atoms. The third-order valence-corrected chi connectivity index (χ3v) is 2.70. The highest BCUT2D eigenvalue weighted by Crippen LogP contribution is 2.25. The Hall–Kier alpha value is -2.15. The van der Waals surface area contributed by atoms with E-state index in [0.717, 1.165) is 0 Å². The lowest BCUT2D eigenvalue weighted by Gasteiger charge is -2.24. The standard InChI is InChI=1S/C13H19N3O4/c1-4-20-13(2,3)8-15-12(17)9-6-5-7-10(14)11(9)16(18)19/h5-7H,4,8,14H2,1-3H3,(H,15,17). The van der Waals surface area contributed by atoms with Crippen LogP contribution in [0.25, 0.3) is 0 Å². The number of benzene rings is 1. The number of amides is 1. The van der Waals surface area contributed by atoms with Crippen molar-refractivity contribution in [2.75, 3.05) is 18.9 Å². The lowest BCUT2D eigenvalue weighted by molar-refractivity contribution is -0.384. The van der Waals surface area contributed by atoms with Crippen molar-refractivity contribution in [1.82, 2.24) is 5.32 Å². The molecule has 0 saturated carbocycles. The van der Waals surface area contributed by atoms with Crippen LogP contribution in [0, 0.1) is 10.1 Å². The van der Waals surface area contributed by atoms with E-state index in [-0.39, 0.29) is 23.5 Å². The summed E-state index contributed by atoms with van der Waals surface area (Å²) in [6.07, 6.45) is 0. The molecular formula is C13H19N3O4. The molecule has 0 atom stereocenters. The van der Waals surface area contributed by atoms with Gasteiger partial charge in [-0.25, -0.2) is 0 Å². The fourth-order valence-electron chi connectivity index (χ4n) is 1.78. The first-order valence-electron chi connectivity index (χ1n) is 6.23. The number of nitrogen functional groups attached to an aromatic ring is 1. The zero-order chi connectivity index (χ0) is 15.3. The van der Waals surface area contributed by atoms with Crippen molar-refractivity contribution < 1.29 is 14.5 Å². The summed E-state index contributed by atoms with van der Waals surface area (Å²) in [5.41, 5.74) is 4.54. The molecule has 110 valence electrons. The molecule has 1 aromatic carbocycles. The van der Waals surface area contributed by atoms with Gasteiger partial charge in [0.05, 0.1) is 10.5 Å². The number of nitrogens with two attached hydrogens (primary N) is 1. The van der Waals surface area contributed by atoms with Gasteiger partial charge in [-0.3, -0.25) is 14.9 Å². The molecule has 0 radical (unpaired) electrons. The minimum absolute atomic E-state index is 0.0354. The molecule has 0 aliphatic heterocycles. The Balaban J connectivity index is 2.89. The second-order valence-corrected chi connectivity index (χ2v) is 4.88. The van der Waals surface area contributed by atoms with E-state index < -0.39 is 16.4 Å². The Labute approximate surface area is 117 Å². The minimum atomic E-state index is -0.655. The maximum atomic E-state index is 12.0. The summed E-state index contributed by atoms with van der Waals surface area (Å²) in [5, 5.41) is 13.6. The van der Waals surface area contributed by atoms with Gasteiger partial charge >= 0.3 is 5.69 Å². The number of rotatable bonds is 6. The third-order valence-electron chi connectivity index (χ3n) is 2.70.